The van der Waals surface area contributed by atoms with Crippen molar-refractivity contribution in [2.75, 3.05) is 0 Å². The highest BCUT2D eigenvalue weighted by molar-refractivity contribution is 5.47. The Morgan fingerprint density at radius 2 is 2.36 bits per heavy atom. The van der Waals surface area contributed by atoms with Gasteiger partial charge in [-0.15, -0.1) is 0 Å². The van der Waals surface area contributed by atoms with Crippen LogP contribution in [0.15, 0.2) is 0 Å². The Balaban J connectivity index is 2.52. The predicted octanol–water partition coefficient (Wildman–Crippen LogP) is 0.426. The van der Waals surface area contributed by atoms with E-state index >= 15 is 0 Å². The van der Waals surface area contributed by atoms with E-state index in [9.17, 15) is 9.90 Å². The second-order valence-corrected chi connectivity index (χ2v) is 3.44. The van der Waals surface area contributed by atoms with Gasteiger partial charge >= 0.3 is 0 Å². The number of carbonyl (C=O) groups excluding carboxylic acids is 1. The Labute approximate surface area is 66.8 Å². The summed E-state index contributed by atoms with van der Waals surface area (Å²) >= 11 is 0. The standard InChI is InChI=1S/C8H15NO2/c1-8(11)5-3-2-4-7(8)9-6-10/h6-7,11H,2-5H2,1H3,(H,9,10). The van der Waals surface area contributed by atoms with Gasteiger partial charge in [0.25, 0.3) is 0 Å². The average molecular weight is 157 g/mol. The molecule has 1 amide bonds. The van der Waals surface area contributed by atoms with Crippen molar-refractivity contribution in [1.29, 1.82) is 0 Å². The zero-order valence-electron chi connectivity index (χ0n) is 6.84. The van der Waals surface area contributed by atoms with Crippen LogP contribution in [0.3, 0.4) is 0 Å². The van der Waals surface area contributed by atoms with E-state index in [4.69, 9.17) is 0 Å². The molecule has 2 unspecified atom stereocenters. The lowest BCUT2D eigenvalue weighted by Gasteiger charge is -2.36. The molecule has 1 aliphatic rings. The third-order valence-electron chi connectivity index (χ3n) is 2.45. The van der Waals surface area contributed by atoms with E-state index in [1.54, 1.807) is 6.92 Å². The van der Waals surface area contributed by atoms with E-state index in [0.717, 1.165) is 25.7 Å². The number of carbonyl (C=O) groups is 1. The molecule has 0 aromatic carbocycles. The van der Waals surface area contributed by atoms with Gasteiger partial charge in [0.2, 0.25) is 6.41 Å². The van der Waals surface area contributed by atoms with Crippen molar-refractivity contribution in [2.45, 2.75) is 44.2 Å². The maximum Gasteiger partial charge on any atom is 0.207 e. The lowest BCUT2D eigenvalue weighted by molar-refractivity contribution is -0.113. The van der Waals surface area contributed by atoms with E-state index in [0.29, 0.717) is 6.41 Å². The van der Waals surface area contributed by atoms with Gasteiger partial charge in [0, 0.05) is 0 Å². The molecule has 2 N–H and O–H groups in total. The van der Waals surface area contributed by atoms with Crippen LogP contribution in [0, 0.1) is 0 Å². The van der Waals surface area contributed by atoms with Crippen LogP contribution in [0.1, 0.15) is 32.6 Å². The Morgan fingerprint density at radius 3 is 2.91 bits per heavy atom. The summed E-state index contributed by atoms with van der Waals surface area (Å²) < 4.78 is 0. The Morgan fingerprint density at radius 1 is 1.64 bits per heavy atom. The van der Waals surface area contributed by atoms with Crippen molar-refractivity contribution in [2.24, 2.45) is 0 Å². The van der Waals surface area contributed by atoms with E-state index in [-0.39, 0.29) is 6.04 Å². The normalized spacial score (nSPS) is 38.2. The summed E-state index contributed by atoms with van der Waals surface area (Å²) in [5.41, 5.74) is -0.695. The lowest BCUT2D eigenvalue weighted by Crippen LogP contribution is -2.50. The summed E-state index contributed by atoms with van der Waals surface area (Å²) in [6, 6.07) is -0.0475. The minimum Gasteiger partial charge on any atom is -0.388 e. The summed E-state index contributed by atoms with van der Waals surface area (Å²) in [5.74, 6) is 0. The number of hydrogen-bond donors (Lipinski definition) is 2. The molecular weight excluding hydrogens is 142 g/mol. The largest absolute Gasteiger partial charge is 0.388 e. The molecule has 0 radical (unpaired) electrons. The molecule has 0 aliphatic heterocycles. The van der Waals surface area contributed by atoms with Crippen LogP contribution in [0.5, 0.6) is 0 Å². The third kappa shape index (κ3) is 1.93. The summed E-state index contributed by atoms with van der Waals surface area (Å²) in [6.45, 7) is 1.79. The zero-order valence-corrected chi connectivity index (χ0v) is 6.84. The summed E-state index contributed by atoms with van der Waals surface area (Å²) in [4.78, 5) is 10.1. The monoisotopic (exact) mass is 157 g/mol. The molecule has 0 heterocycles. The van der Waals surface area contributed by atoms with Crippen molar-refractivity contribution in [3.63, 3.8) is 0 Å². The van der Waals surface area contributed by atoms with Crippen molar-refractivity contribution in [3.8, 4) is 0 Å². The fourth-order valence-electron chi connectivity index (χ4n) is 1.66. The highest BCUT2D eigenvalue weighted by atomic mass is 16.3. The minimum absolute atomic E-state index is 0.0475. The molecular formula is C8H15NO2. The number of aliphatic hydroxyl groups is 1. The van der Waals surface area contributed by atoms with Crippen LogP contribution in [-0.2, 0) is 4.79 Å². The topological polar surface area (TPSA) is 49.3 Å². The molecule has 0 bridgehead atoms. The van der Waals surface area contributed by atoms with Crippen LogP contribution >= 0.6 is 0 Å². The van der Waals surface area contributed by atoms with Gasteiger partial charge in [0.1, 0.15) is 0 Å². The average Bonchev–Trinajstić information content (AvgIpc) is 1.94. The van der Waals surface area contributed by atoms with E-state index in [1.165, 1.54) is 0 Å². The second-order valence-electron chi connectivity index (χ2n) is 3.44. The predicted molar refractivity (Wildman–Crippen MR) is 42.1 cm³/mol. The maximum absolute atomic E-state index is 10.1. The first kappa shape index (κ1) is 8.53. The molecule has 1 saturated carbocycles. The van der Waals surface area contributed by atoms with Crippen LogP contribution in [-0.4, -0.2) is 23.2 Å². The molecule has 64 valence electrons. The van der Waals surface area contributed by atoms with Gasteiger partial charge in [0.15, 0.2) is 0 Å². The Hall–Kier alpha value is -0.570. The van der Waals surface area contributed by atoms with Gasteiger partial charge in [-0.05, 0) is 19.8 Å². The summed E-state index contributed by atoms with van der Waals surface area (Å²) in [7, 11) is 0. The summed E-state index contributed by atoms with van der Waals surface area (Å²) in [5, 5.41) is 12.4. The van der Waals surface area contributed by atoms with Crippen LogP contribution in [0.25, 0.3) is 0 Å². The first-order chi connectivity index (χ1) is 5.17. The van der Waals surface area contributed by atoms with Crippen molar-refractivity contribution < 1.29 is 9.90 Å². The molecule has 2 atom stereocenters. The van der Waals surface area contributed by atoms with Gasteiger partial charge in [-0.1, -0.05) is 12.8 Å². The SMILES string of the molecule is CC1(O)CCCCC1NC=O. The van der Waals surface area contributed by atoms with Gasteiger partial charge in [-0.25, -0.2) is 0 Å². The number of rotatable bonds is 2. The molecule has 0 aromatic rings. The van der Waals surface area contributed by atoms with Crippen molar-refractivity contribution >= 4 is 6.41 Å². The quantitative estimate of drug-likeness (QED) is 0.571. The first-order valence-electron chi connectivity index (χ1n) is 4.09. The minimum atomic E-state index is -0.695. The molecule has 3 nitrogen and oxygen atoms in total. The van der Waals surface area contributed by atoms with Crippen LogP contribution < -0.4 is 5.32 Å². The van der Waals surface area contributed by atoms with E-state index in [2.05, 4.69) is 5.32 Å². The van der Waals surface area contributed by atoms with Crippen molar-refractivity contribution in [1.82, 2.24) is 5.32 Å². The third-order valence-corrected chi connectivity index (χ3v) is 2.45. The molecule has 0 spiro atoms. The van der Waals surface area contributed by atoms with Crippen molar-refractivity contribution in [3.05, 3.63) is 0 Å². The summed E-state index contributed by atoms with van der Waals surface area (Å²) in [6.07, 6.45) is 4.51. The van der Waals surface area contributed by atoms with Gasteiger partial charge in [-0.3, -0.25) is 4.79 Å². The molecule has 11 heavy (non-hydrogen) atoms. The first-order valence-corrected chi connectivity index (χ1v) is 4.09. The van der Waals surface area contributed by atoms with E-state index in [1.807, 2.05) is 0 Å². The molecule has 0 aromatic heterocycles. The van der Waals surface area contributed by atoms with Crippen LogP contribution in [0.2, 0.25) is 0 Å². The van der Waals surface area contributed by atoms with Gasteiger partial charge in [-0.2, -0.15) is 0 Å². The smallest absolute Gasteiger partial charge is 0.207 e. The molecule has 0 saturated heterocycles. The fourth-order valence-corrected chi connectivity index (χ4v) is 1.66. The number of nitrogens with one attached hydrogen (secondary N) is 1. The highest BCUT2D eigenvalue weighted by Crippen LogP contribution is 2.27. The van der Waals surface area contributed by atoms with Gasteiger partial charge in [0.05, 0.1) is 11.6 Å². The zero-order chi connectivity index (χ0) is 8.32. The number of amides is 1. The maximum atomic E-state index is 10.1. The Bertz CT molecular complexity index is 145. The number of hydrogen-bond acceptors (Lipinski definition) is 2. The van der Waals surface area contributed by atoms with Gasteiger partial charge < -0.3 is 10.4 Å². The lowest BCUT2D eigenvalue weighted by atomic mass is 9.82. The molecule has 1 rings (SSSR count). The Kier molecular flexibility index (Phi) is 2.49. The highest BCUT2D eigenvalue weighted by Gasteiger charge is 2.33. The van der Waals surface area contributed by atoms with Crippen LogP contribution in [0.4, 0.5) is 0 Å². The molecule has 1 aliphatic carbocycles. The van der Waals surface area contributed by atoms with E-state index < -0.39 is 5.60 Å². The second kappa shape index (κ2) is 3.22. The fraction of sp³-hybridized carbons (Fsp3) is 0.875. The molecule has 3 heteroatoms. The molecule has 1 fully saturated rings.